The highest BCUT2D eigenvalue weighted by atomic mass is 35.5. The van der Waals surface area contributed by atoms with Gasteiger partial charge >= 0.3 is 0 Å². The van der Waals surface area contributed by atoms with Crippen LogP contribution in [0, 0.1) is 0 Å². The number of H-pyrrole nitrogens is 1. The zero-order valence-electron chi connectivity index (χ0n) is 21.7. The van der Waals surface area contributed by atoms with Gasteiger partial charge in [0, 0.05) is 33.2 Å². The first-order valence-corrected chi connectivity index (χ1v) is 12.6. The van der Waals surface area contributed by atoms with Crippen LogP contribution in [0.4, 0.5) is 4.39 Å². The number of nitrogens with one attached hydrogen (secondary N) is 2. The molecule has 11 nitrogen and oxygen atoms in total. The van der Waals surface area contributed by atoms with Gasteiger partial charge in [-0.15, -0.1) is 0 Å². The Balaban J connectivity index is 0.00000235. The first kappa shape index (κ1) is 30.4. The summed E-state index contributed by atoms with van der Waals surface area (Å²) >= 11 is 5.30. The second kappa shape index (κ2) is 14.8. The summed E-state index contributed by atoms with van der Waals surface area (Å²) in [4.78, 5) is 48.2. The molecule has 0 saturated carbocycles. The minimum Gasteiger partial charge on any atom is -0.501 e. The van der Waals surface area contributed by atoms with E-state index >= 15 is 0 Å². The molecule has 1 fully saturated rings. The number of aromatic hydroxyl groups is 1. The number of nitrogens with zero attached hydrogens (tertiary/aromatic N) is 4. The number of aromatic amines is 1. The van der Waals surface area contributed by atoms with Crippen molar-refractivity contribution in [2.45, 2.75) is 45.6 Å². The molecule has 3 N–H and O–H groups in total. The number of piperazine rings is 1. The van der Waals surface area contributed by atoms with Gasteiger partial charge in [-0.05, 0) is 38.8 Å². The van der Waals surface area contributed by atoms with E-state index in [1.54, 1.807) is 6.08 Å². The van der Waals surface area contributed by atoms with Gasteiger partial charge in [-0.2, -0.15) is 9.45 Å². The SMILES string of the molecule is CC.CN1CCN(C(=O)CN(C)OCl)C(c2nc(C(=O)NCCC3=CC=C(F)CCC3)c(O)c(=O)[nH]2)C1. The maximum Gasteiger partial charge on any atom is 0.294 e. The second-order valence-corrected chi connectivity index (χ2v) is 8.80. The van der Waals surface area contributed by atoms with E-state index in [4.69, 9.17) is 11.9 Å². The summed E-state index contributed by atoms with van der Waals surface area (Å²) in [6.45, 7) is 5.40. The van der Waals surface area contributed by atoms with E-state index in [0.717, 1.165) is 17.1 Å². The Morgan fingerprint density at radius 3 is 2.76 bits per heavy atom. The third kappa shape index (κ3) is 8.63. The quantitative estimate of drug-likeness (QED) is 0.427. The molecular formula is C24H36ClFN6O5. The minimum absolute atomic E-state index is 0.0828. The fourth-order valence-corrected chi connectivity index (χ4v) is 4.09. The summed E-state index contributed by atoms with van der Waals surface area (Å²) in [6.07, 6.45) is 5.46. The Labute approximate surface area is 221 Å². The summed E-state index contributed by atoms with van der Waals surface area (Å²) in [6, 6.07) is -0.664. The Morgan fingerprint density at radius 2 is 2.05 bits per heavy atom. The third-order valence-electron chi connectivity index (χ3n) is 5.97. The van der Waals surface area contributed by atoms with Crippen LogP contribution in [-0.4, -0.2) is 88.6 Å². The molecule has 37 heavy (non-hydrogen) atoms. The normalized spacial score (nSPS) is 18.4. The van der Waals surface area contributed by atoms with Crippen molar-refractivity contribution in [2.75, 3.05) is 46.8 Å². The molecule has 1 unspecified atom stereocenters. The molecule has 206 valence electrons. The van der Waals surface area contributed by atoms with Crippen molar-refractivity contribution >= 4 is 23.7 Å². The molecule has 1 aliphatic heterocycles. The monoisotopic (exact) mass is 542 g/mol. The van der Waals surface area contributed by atoms with Crippen LogP contribution < -0.4 is 10.9 Å². The van der Waals surface area contributed by atoms with Gasteiger partial charge in [-0.1, -0.05) is 25.5 Å². The summed E-state index contributed by atoms with van der Waals surface area (Å²) < 4.78 is 17.9. The molecule has 2 heterocycles. The number of carbonyl (C=O) groups excluding carboxylic acids is 2. The topological polar surface area (TPSA) is 131 Å². The molecule has 1 atom stereocenters. The molecule has 1 saturated heterocycles. The first-order chi connectivity index (χ1) is 17.7. The summed E-state index contributed by atoms with van der Waals surface area (Å²) in [7, 11) is 3.36. The van der Waals surface area contributed by atoms with Crippen LogP contribution in [-0.2, 0) is 9.18 Å². The zero-order valence-corrected chi connectivity index (χ0v) is 22.5. The molecule has 2 amide bonds. The van der Waals surface area contributed by atoms with Crippen molar-refractivity contribution in [1.29, 1.82) is 0 Å². The van der Waals surface area contributed by atoms with Gasteiger partial charge in [0.1, 0.15) is 18.4 Å². The minimum atomic E-state index is -0.880. The number of hydrogen-bond donors (Lipinski definition) is 3. The summed E-state index contributed by atoms with van der Waals surface area (Å²) in [5.41, 5.74) is -0.313. The maximum absolute atomic E-state index is 13.4. The van der Waals surface area contributed by atoms with Crippen LogP contribution >= 0.6 is 11.9 Å². The Bertz CT molecular complexity index is 1060. The molecule has 13 heteroatoms. The smallest absolute Gasteiger partial charge is 0.294 e. The standard InChI is InChI=1S/C22H30ClFN6O5.C2H6/c1-28-10-11-30(17(31)13-29(2)35-23)16(12-28)20-26-18(19(32)22(34)27-20)21(33)25-9-8-14-4-3-5-15(24)7-6-14;1-2/h6-7,16,32H,3-5,8-13H2,1-2H3,(H,25,33)(H,26,27,34);1-2H3. The maximum atomic E-state index is 13.4. The first-order valence-electron chi connectivity index (χ1n) is 12.3. The average Bonchev–Trinajstić information content (AvgIpc) is 3.10. The third-order valence-corrected chi connectivity index (χ3v) is 6.20. The van der Waals surface area contributed by atoms with Crippen molar-refractivity contribution in [1.82, 2.24) is 30.1 Å². The lowest BCUT2D eigenvalue weighted by Crippen LogP contribution is -2.52. The van der Waals surface area contributed by atoms with Crippen LogP contribution in [0.25, 0.3) is 0 Å². The largest absolute Gasteiger partial charge is 0.501 e. The van der Waals surface area contributed by atoms with Crippen molar-refractivity contribution < 1.29 is 23.5 Å². The molecule has 0 spiro atoms. The van der Waals surface area contributed by atoms with Gasteiger partial charge < -0.3 is 25.2 Å². The number of halogens is 2. The number of rotatable bonds is 8. The number of hydrogen-bond acceptors (Lipinski definition) is 8. The van der Waals surface area contributed by atoms with Gasteiger partial charge in [0.15, 0.2) is 5.69 Å². The van der Waals surface area contributed by atoms with E-state index < -0.39 is 29.0 Å². The van der Waals surface area contributed by atoms with Crippen LogP contribution in [0.1, 0.15) is 61.9 Å². The van der Waals surface area contributed by atoms with E-state index in [2.05, 4.69) is 19.7 Å². The van der Waals surface area contributed by atoms with Gasteiger partial charge in [-0.3, -0.25) is 14.4 Å². The van der Waals surface area contributed by atoms with E-state index in [1.807, 2.05) is 25.8 Å². The lowest BCUT2D eigenvalue weighted by atomic mass is 10.1. The Morgan fingerprint density at radius 1 is 1.32 bits per heavy atom. The molecular weight excluding hydrogens is 507 g/mol. The highest BCUT2D eigenvalue weighted by Gasteiger charge is 2.33. The molecule has 0 aromatic carbocycles. The summed E-state index contributed by atoms with van der Waals surface area (Å²) in [5, 5.41) is 14.0. The van der Waals surface area contributed by atoms with Crippen molar-refractivity contribution in [2.24, 2.45) is 0 Å². The van der Waals surface area contributed by atoms with Gasteiger partial charge in [0.25, 0.3) is 11.5 Å². The number of likely N-dealkylation sites (N-methyl/N-ethyl adjacent to an activating group) is 2. The molecule has 1 aromatic heterocycles. The van der Waals surface area contributed by atoms with E-state index in [1.165, 1.54) is 18.0 Å². The Hall–Kier alpha value is -2.80. The molecule has 2 aliphatic rings. The molecule has 1 aliphatic carbocycles. The van der Waals surface area contributed by atoms with Crippen LogP contribution in [0.5, 0.6) is 5.75 Å². The Kier molecular flexibility index (Phi) is 12.2. The highest BCUT2D eigenvalue weighted by Crippen LogP contribution is 2.24. The lowest BCUT2D eigenvalue weighted by molar-refractivity contribution is -0.144. The van der Waals surface area contributed by atoms with Gasteiger partial charge in [0.2, 0.25) is 11.7 Å². The van der Waals surface area contributed by atoms with Crippen molar-refractivity contribution in [3.05, 3.63) is 45.4 Å². The number of amides is 2. The lowest BCUT2D eigenvalue weighted by Gasteiger charge is -2.39. The number of aromatic nitrogens is 2. The van der Waals surface area contributed by atoms with E-state index in [0.29, 0.717) is 38.9 Å². The molecule has 1 aromatic rings. The number of hydroxylamine groups is 2. The molecule has 3 rings (SSSR count). The average molecular weight is 543 g/mol. The fraction of sp³-hybridized carbons (Fsp3) is 0.583. The zero-order chi connectivity index (χ0) is 27.5. The van der Waals surface area contributed by atoms with E-state index in [-0.39, 0.29) is 30.6 Å². The fourth-order valence-electron chi connectivity index (χ4n) is 4.05. The molecule has 0 bridgehead atoms. The predicted octanol–water partition coefficient (Wildman–Crippen LogP) is 2.42. The predicted molar refractivity (Wildman–Crippen MR) is 137 cm³/mol. The highest BCUT2D eigenvalue weighted by molar-refractivity contribution is 6.07. The van der Waals surface area contributed by atoms with E-state index in [9.17, 15) is 23.9 Å². The number of carbonyl (C=O) groups is 2. The van der Waals surface area contributed by atoms with Crippen LogP contribution in [0.2, 0.25) is 0 Å². The van der Waals surface area contributed by atoms with Crippen molar-refractivity contribution in [3.8, 4) is 5.75 Å². The number of allylic oxidation sites excluding steroid dienone is 3. The van der Waals surface area contributed by atoms with Gasteiger partial charge in [0.05, 0.1) is 17.7 Å². The van der Waals surface area contributed by atoms with Crippen molar-refractivity contribution in [3.63, 3.8) is 0 Å². The second-order valence-electron chi connectivity index (χ2n) is 8.67. The van der Waals surface area contributed by atoms with Gasteiger partial charge in [-0.25, -0.2) is 9.37 Å². The summed E-state index contributed by atoms with van der Waals surface area (Å²) in [5.74, 6) is -1.92. The molecule has 0 radical (unpaired) electrons. The van der Waals surface area contributed by atoms with Crippen LogP contribution in [0.15, 0.2) is 28.3 Å². The van der Waals surface area contributed by atoms with Crippen LogP contribution in [0.3, 0.4) is 0 Å².